The van der Waals surface area contributed by atoms with Gasteiger partial charge >= 0.3 is 0 Å². The van der Waals surface area contributed by atoms with E-state index in [4.69, 9.17) is 0 Å². The summed E-state index contributed by atoms with van der Waals surface area (Å²) in [6.45, 7) is 2.03. The molecule has 5 nitrogen and oxygen atoms in total. The number of benzene rings is 1. The van der Waals surface area contributed by atoms with E-state index >= 15 is 0 Å². The highest BCUT2D eigenvalue weighted by Gasteiger charge is 2.36. The van der Waals surface area contributed by atoms with Crippen LogP contribution in [0.4, 0.5) is 0 Å². The normalized spacial score (nSPS) is 26.9. The second-order valence-corrected chi connectivity index (χ2v) is 6.10. The first-order valence-electron chi connectivity index (χ1n) is 7.68. The smallest absolute Gasteiger partial charge is 0.137 e. The molecular weight excluding hydrogens is 264 g/mol. The van der Waals surface area contributed by atoms with Crippen molar-refractivity contribution in [2.75, 3.05) is 13.1 Å². The largest absolute Gasteiger partial charge is 0.387 e. The first-order valence-corrected chi connectivity index (χ1v) is 7.68. The lowest BCUT2D eigenvalue weighted by molar-refractivity contribution is 0.0453. The number of hydrogen-bond acceptors (Lipinski definition) is 4. The lowest BCUT2D eigenvalue weighted by Crippen LogP contribution is -2.43. The van der Waals surface area contributed by atoms with E-state index in [0.29, 0.717) is 5.92 Å². The minimum absolute atomic E-state index is 0.234. The number of hydrogen-bond donors (Lipinski definition) is 2. The number of aromatic amines is 1. The number of aromatic nitrogens is 3. The minimum Gasteiger partial charge on any atom is -0.387 e. The van der Waals surface area contributed by atoms with Gasteiger partial charge in [-0.25, -0.2) is 4.98 Å². The fourth-order valence-electron chi connectivity index (χ4n) is 3.80. The molecule has 2 atom stereocenters. The maximum Gasteiger partial charge on any atom is 0.137 e. The Labute approximate surface area is 124 Å². The molecule has 1 aromatic heterocycles. The topological polar surface area (TPSA) is 65.0 Å². The predicted octanol–water partition coefficient (Wildman–Crippen LogP) is 1.64. The first kappa shape index (κ1) is 13.0. The van der Waals surface area contributed by atoms with Crippen molar-refractivity contribution in [1.29, 1.82) is 0 Å². The molecule has 5 heteroatoms. The molecule has 1 aliphatic heterocycles. The Bertz CT molecular complexity index is 604. The highest BCUT2D eigenvalue weighted by Crippen LogP contribution is 2.36. The summed E-state index contributed by atoms with van der Waals surface area (Å²) in [5, 5.41) is 17.5. The Morgan fingerprint density at radius 1 is 1.19 bits per heavy atom. The van der Waals surface area contributed by atoms with Crippen LogP contribution in [-0.2, 0) is 6.42 Å². The monoisotopic (exact) mass is 284 g/mol. The van der Waals surface area contributed by atoms with E-state index in [0.717, 1.165) is 43.7 Å². The average Bonchev–Trinajstić information content (AvgIpc) is 3.17. The highest BCUT2D eigenvalue weighted by molar-refractivity contribution is 5.36. The summed E-state index contributed by atoms with van der Waals surface area (Å²) in [4.78, 5) is 6.72. The van der Waals surface area contributed by atoms with Crippen LogP contribution in [0.5, 0.6) is 0 Å². The molecule has 110 valence electrons. The molecule has 21 heavy (non-hydrogen) atoms. The third-order valence-corrected chi connectivity index (χ3v) is 4.99. The maximum absolute atomic E-state index is 10.6. The fraction of sp³-hybridized carbons (Fsp3) is 0.500. The number of H-pyrrole nitrogens is 1. The van der Waals surface area contributed by atoms with Gasteiger partial charge in [-0.15, -0.1) is 0 Å². The van der Waals surface area contributed by atoms with E-state index in [9.17, 15) is 5.11 Å². The van der Waals surface area contributed by atoms with Gasteiger partial charge in [-0.2, -0.15) is 5.10 Å². The zero-order chi connectivity index (χ0) is 14.2. The maximum atomic E-state index is 10.6. The van der Waals surface area contributed by atoms with Gasteiger partial charge in [0.2, 0.25) is 0 Å². The van der Waals surface area contributed by atoms with Crippen molar-refractivity contribution in [3.8, 4) is 0 Å². The molecule has 0 radical (unpaired) electrons. The number of piperidine rings is 1. The third kappa shape index (κ3) is 2.26. The van der Waals surface area contributed by atoms with Gasteiger partial charge in [0.15, 0.2) is 0 Å². The van der Waals surface area contributed by atoms with E-state index in [2.05, 4.69) is 38.3 Å². The van der Waals surface area contributed by atoms with Crippen LogP contribution < -0.4 is 0 Å². The van der Waals surface area contributed by atoms with E-state index in [1.165, 1.54) is 5.56 Å². The van der Waals surface area contributed by atoms with Crippen molar-refractivity contribution in [1.82, 2.24) is 20.1 Å². The van der Waals surface area contributed by atoms with Crippen LogP contribution in [0.25, 0.3) is 0 Å². The lowest BCUT2D eigenvalue weighted by Gasteiger charge is -2.36. The first-order chi connectivity index (χ1) is 10.3. The third-order valence-electron chi connectivity index (χ3n) is 4.99. The number of aliphatic hydroxyl groups is 1. The van der Waals surface area contributed by atoms with Crippen LogP contribution in [-0.4, -0.2) is 44.3 Å². The van der Waals surface area contributed by atoms with Crippen molar-refractivity contribution >= 4 is 0 Å². The molecule has 2 unspecified atom stereocenters. The molecule has 1 aromatic carbocycles. The molecule has 0 amide bonds. The quantitative estimate of drug-likeness (QED) is 0.880. The SMILES string of the molecule is OC1c2ccccc2CC1N1CCC(c2ncn[nH]2)CC1. The summed E-state index contributed by atoms with van der Waals surface area (Å²) in [5.74, 6) is 1.48. The number of likely N-dealkylation sites (tertiary alicyclic amines) is 1. The number of aliphatic hydroxyl groups excluding tert-OH is 1. The Morgan fingerprint density at radius 3 is 2.71 bits per heavy atom. The van der Waals surface area contributed by atoms with Gasteiger partial charge in [0.05, 0.1) is 6.10 Å². The molecule has 0 saturated carbocycles. The molecule has 2 N–H and O–H groups in total. The molecule has 1 saturated heterocycles. The second-order valence-electron chi connectivity index (χ2n) is 6.10. The molecular formula is C16H20N4O. The fourth-order valence-corrected chi connectivity index (χ4v) is 3.80. The van der Waals surface area contributed by atoms with Crippen LogP contribution in [0.2, 0.25) is 0 Å². The molecule has 2 aromatic rings. The van der Waals surface area contributed by atoms with Gasteiger partial charge in [0, 0.05) is 12.0 Å². The van der Waals surface area contributed by atoms with E-state index in [1.54, 1.807) is 6.33 Å². The van der Waals surface area contributed by atoms with Gasteiger partial charge in [0.25, 0.3) is 0 Å². The lowest BCUT2D eigenvalue weighted by atomic mass is 9.94. The molecule has 2 heterocycles. The molecule has 2 aliphatic rings. The van der Waals surface area contributed by atoms with Crippen LogP contribution in [0, 0.1) is 0 Å². The van der Waals surface area contributed by atoms with E-state index in [-0.39, 0.29) is 12.1 Å². The van der Waals surface area contributed by atoms with Crippen LogP contribution >= 0.6 is 0 Å². The number of rotatable bonds is 2. The van der Waals surface area contributed by atoms with Gasteiger partial charge in [-0.3, -0.25) is 10.00 Å². The zero-order valence-electron chi connectivity index (χ0n) is 11.9. The average molecular weight is 284 g/mol. The summed E-state index contributed by atoms with van der Waals surface area (Å²) < 4.78 is 0. The van der Waals surface area contributed by atoms with Gasteiger partial charge in [0.1, 0.15) is 12.2 Å². The van der Waals surface area contributed by atoms with Crippen molar-refractivity contribution in [3.05, 3.63) is 47.5 Å². The van der Waals surface area contributed by atoms with E-state index < -0.39 is 0 Å². The summed E-state index contributed by atoms with van der Waals surface area (Å²) >= 11 is 0. The molecule has 1 fully saturated rings. The zero-order valence-corrected chi connectivity index (χ0v) is 11.9. The van der Waals surface area contributed by atoms with Gasteiger partial charge in [-0.1, -0.05) is 24.3 Å². The Hall–Kier alpha value is -1.72. The van der Waals surface area contributed by atoms with Crippen LogP contribution in [0.1, 0.15) is 41.8 Å². The molecule has 0 spiro atoms. The Kier molecular flexibility index (Phi) is 3.24. The summed E-state index contributed by atoms with van der Waals surface area (Å²) in [6, 6.07) is 8.50. The van der Waals surface area contributed by atoms with Crippen molar-refractivity contribution in [2.24, 2.45) is 0 Å². The molecule has 0 bridgehead atoms. The Balaban J connectivity index is 1.44. The van der Waals surface area contributed by atoms with Crippen molar-refractivity contribution in [3.63, 3.8) is 0 Å². The van der Waals surface area contributed by atoms with Crippen LogP contribution in [0.3, 0.4) is 0 Å². The van der Waals surface area contributed by atoms with Crippen molar-refractivity contribution in [2.45, 2.75) is 37.3 Å². The van der Waals surface area contributed by atoms with Crippen LogP contribution in [0.15, 0.2) is 30.6 Å². The number of nitrogens with one attached hydrogen (secondary N) is 1. The highest BCUT2D eigenvalue weighted by atomic mass is 16.3. The number of fused-ring (bicyclic) bond motifs is 1. The van der Waals surface area contributed by atoms with Gasteiger partial charge < -0.3 is 5.11 Å². The summed E-state index contributed by atoms with van der Waals surface area (Å²) in [7, 11) is 0. The molecule has 1 aliphatic carbocycles. The Morgan fingerprint density at radius 2 is 2.00 bits per heavy atom. The van der Waals surface area contributed by atoms with E-state index in [1.807, 2.05) is 6.07 Å². The molecule has 4 rings (SSSR count). The summed E-state index contributed by atoms with van der Waals surface area (Å²) in [5.41, 5.74) is 2.41. The summed E-state index contributed by atoms with van der Waals surface area (Å²) in [6.07, 6.45) is 4.36. The standard InChI is InChI=1S/C16H20N4O/c21-15-13-4-2-1-3-12(13)9-14(15)20-7-5-11(6-8-20)16-17-10-18-19-16/h1-4,10-11,14-15,21H,5-9H2,(H,17,18,19). The van der Waals surface area contributed by atoms with Crippen molar-refractivity contribution < 1.29 is 5.11 Å². The van der Waals surface area contributed by atoms with Gasteiger partial charge in [-0.05, 0) is 43.5 Å². The number of nitrogens with zero attached hydrogens (tertiary/aromatic N) is 3. The minimum atomic E-state index is -0.344. The second kappa shape index (κ2) is 5.24. The predicted molar refractivity (Wildman–Crippen MR) is 78.8 cm³/mol.